The van der Waals surface area contributed by atoms with Crippen LogP contribution in [-0.4, -0.2) is 53.0 Å². The number of ether oxygens (including phenoxy) is 2. The van der Waals surface area contributed by atoms with Crippen molar-refractivity contribution in [3.63, 3.8) is 0 Å². The van der Waals surface area contributed by atoms with Crippen LogP contribution in [-0.2, 0) is 22.1 Å². The standard InChI is InChI=1S/C25H23F5N4O4S/c1-2-37-23(36)14-5-7-34(8-6-14)21-12-31-17(11-32-21)19(35)10-22-33-18(13-39-22)15-3-4-20(38-24(26)27)16(9-15)25(28,29)30/h3-4,9,11-14,24H,2,5-8,10H2,1H3. The number of hydrogen-bond acceptors (Lipinski definition) is 9. The van der Waals surface area contributed by atoms with Gasteiger partial charge in [-0.15, -0.1) is 11.3 Å². The first kappa shape index (κ1) is 28.3. The molecule has 1 aliphatic heterocycles. The van der Waals surface area contributed by atoms with Crippen LogP contribution in [0.1, 0.15) is 40.8 Å². The summed E-state index contributed by atoms with van der Waals surface area (Å²) in [6.07, 6.45) is -0.993. The van der Waals surface area contributed by atoms with Gasteiger partial charge in [-0.05, 0) is 38.0 Å². The molecule has 0 atom stereocenters. The number of aromatic nitrogens is 3. The molecule has 0 saturated carbocycles. The quantitative estimate of drug-likeness (QED) is 0.191. The third kappa shape index (κ3) is 7.05. The number of ketones is 1. The molecule has 0 aliphatic carbocycles. The predicted molar refractivity (Wildman–Crippen MR) is 131 cm³/mol. The maximum absolute atomic E-state index is 13.4. The number of benzene rings is 1. The number of anilines is 1. The van der Waals surface area contributed by atoms with E-state index in [2.05, 4.69) is 19.7 Å². The van der Waals surface area contributed by atoms with E-state index in [4.69, 9.17) is 4.74 Å². The first-order valence-corrected chi connectivity index (χ1v) is 12.8. The molecule has 2 aromatic heterocycles. The van der Waals surface area contributed by atoms with E-state index in [-0.39, 0.29) is 41.0 Å². The zero-order valence-corrected chi connectivity index (χ0v) is 21.4. The molecule has 4 rings (SSSR count). The largest absolute Gasteiger partial charge is 0.466 e. The fraction of sp³-hybridized carbons (Fsp3) is 0.400. The molecule has 14 heteroatoms. The summed E-state index contributed by atoms with van der Waals surface area (Å²) in [7, 11) is 0. The van der Waals surface area contributed by atoms with Crippen molar-refractivity contribution < 1.29 is 41.0 Å². The number of carbonyl (C=O) groups is 2. The second-order valence-electron chi connectivity index (χ2n) is 8.59. The maximum Gasteiger partial charge on any atom is 0.419 e. The molecule has 1 aromatic carbocycles. The summed E-state index contributed by atoms with van der Waals surface area (Å²) in [4.78, 5) is 39.4. The van der Waals surface area contributed by atoms with Gasteiger partial charge in [0.2, 0.25) is 0 Å². The summed E-state index contributed by atoms with van der Waals surface area (Å²) >= 11 is 1.07. The van der Waals surface area contributed by atoms with Crippen LogP contribution in [0.2, 0.25) is 0 Å². The lowest BCUT2D eigenvalue weighted by molar-refractivity contribution is -0.148. The third-order valence-electron chi connectivity index (χ3n) is 6.02. The third-order valence-corrected chi connectivity index (χ3v) is 6.87. The normalized spacial score (nSPS) is 14.5. The molecule has 0 N–H and O–H groups in total. The smallest absolute Gasteiger partial charge is 0.419 e. The van der Waals surface area contributed by atoms with Gasteiger partial charge in [0.25, 0.3) is 0 Å². The molecule has 3 heterocycles. The lowest BCUT2D eigenvalue weighted by Gasteiger charge is -2.31. The summed E-state index contributed by atoms with van der Waals surface area (Å²) in [6.45, 7) is -0.110. The zero-order chi connectivity index (χ0) is 28.2. The van der Waals surface area contributed by atoms with Gasteiger partial charge in [-0.3, -0.25) is 9.59 Å². The van der Waals surface area contributed by atoms with E-state index in [1.54, 1.807) is 6.92 Å². The maximum atomic E-state index is 13.4. The molecule has 0 spiro atoms. The topological polar surface area (TPSA) is 94.5 Å². The second-order valence-corrected chi connectivity index (χ2v) is 9.53. The van der Waals surface area contributed by atoms with Crippen molar-refractivity contribution in [3.8, 4) is 17.0 Å². The Balaban J connectivity index is 1.39. The number of carbonyl (C=O) groups excluding carboxylic acids is 2. The minimum absolute atomic E-state index is 0.0368. The van der Waals surface area contributed by atoms with Crippen LogP contribution in [0, 0.1) is 5.92 Å². The lowest BCUT2D eigenvalue weighted by Crippen LogP contribution is -2.37. The van der Waals surface area contributed by atoms with Crippen molar-refractivity contribution in [2.24, 2.45) is 5.92 Å². The van der Waals surface area contributed by atoms with Crippen molar-refractivity contribution in [1.82, 2.24) is 15.0 Å². The molecule has 8 nitrogen and oxygen atoms in total. The van der Waals surface area contributed by atoms with Gasteiger partial charge in [0.1, 0.15) is 22.3 Å². The summed E-state index contributed by atoms with van der Waals surface area (Å²) in [5.74, 6) is -1.15. The summed E-state index contributed by atoms with van der Waals surface area (Å²) in [6, 6.07) is 2.68. The Morgan fingerprint density at radius 2 is 1.90 bits per heavy atom. The van der Waals surface area contributed by atoms with E-state index in [0.717, 1.165) is 17.4 Å². The molecule has 0 amide bonds. The van der Waals surface area contributed by atoms with E-state index >= 15 is 0 Å². The molecule has 1 saturated heterocycles. The van der Waals surface area contributed by atoms with Crippen LogP contribution < -0.4 is 9.64 Å². The predicted octanol–water partition coefficient (Wildman–Crippen LogP) is 5.43. The van der Waals surface area contributed by atoms with Gasteiger partial charge in [0.05, 0.1) is 42.6 Å². The summed E-state index contributed by atoms with van der Waals surface area (Å²) in [5.41, 5.74) is -1.06. The highest BCUT2D eigenvalue weighted by atomic mass is 32.1. The highest BCUT2D eigenvalue weighted by molar-refractivity contribution is 7.10. The fourth-order valence-electron chi connectivity index (χ4n) is 4.10. The molecule has 39 heavy (non-hydrogen) atoms. The van der Waals surface area contributed by atoms with Crippen molar-refractivity contribution in [2.75, 3.05) is 24.6 Å². The van der Waals surface area contributed by atoms with E-state index in [9.17, 15) is 31.5 Å². The first-order valence-electron chi connectivity index (χ1n) is 11.9. The highest BCUT2D eigenvalue weighted by Crippen LogP contribution is 2.39. The molecule has 0 bridgehead atoms. The van der Waals surface area contributed by atoms with Crippen LogP contribution in [0.15, 0.2) is 36.0 Å². The molecule has 1 fully saturated rings. The number of alkyl halides is 5. The summed E-state index contributed by atoms with van der Waals surface area (Å²) in [5, 5.41) is 1.81. The summed E-state index contributed by atoms with van der Waals surface area (Å²) < 4.78 is 74.1. The number of nitrogens with zero attached hydrogens (tertiary/aromatic N) is 4. The zero-order valence-electron chi connectivity index (χ0n) is 20.6. The Bertz CT molecular complexity index is 1310. The second kappa shape index (κ2) is 12.0. The monoisotopic (exact) mass is 570 g/mol. The van der Waals surface area contributed by atoms with Gasteiger partial charge >= 0.3 is 18.8 Å². The van der Waals surface area contributed by atoms with Crippen LogP contribution >= 0.6 is 11.3 Å². The van der Waals surface area contributed by atoms with Crippen LogP contribution in [0.3, 0.4) is 0 Å². The van der Waals surface area contributed by atoms with Crippen molar-refractivity contribution in [2.45, 2.75) is 39.0 Å². The van der Waals surface area contributed by atoms with E-state index in [0.29, 0.717) is 49.4 Å². The van der Waals surface area contributed by atoms with Crippen molar-refractivity contribution >= 4 is 28.9 Å². The number of hydrogen-bond donors (Lipinski definition) is 0. The number of piperidine rings is 1. The average Bonchev–Trinajstić information content (AvgIpc) is 3.36. The van der Waals surface area contributed by atoms with Gasteiger partial charge in [0, 0.05) is 24.0 Å². The Kier molecular flexibility index (Phi) is 8.73. The van der Waals surface area contributed by atoms with Crippen LogP contribution in [0.5, 0.6) is 5.75 Å². The van der Waals surface area contributed by atoms with Gasteiger partial charge in [-0.1, -0.05) is 0 Å². The Labute approximate surface area is 223 Å². The van der Waals surface area contributed by atoms with E-state index in [1.165, 1.54) is 23.8 Å². The van der Waals surface area contributed by atoms with Crippen LogP contribution in [0.4, 0.5) is 27.8 Å². The fourth-order valence-corrected chi connectivity index (χ4v) is 4.90. The number of rotatable bonds is 9. The minimum Gasteiger partial charge on any atom is -0.466 e. The van der Waals surface area contributed by atoms with Crippen LogP contribution in [0.25, 0.3) is 11.3 Å². The Morgan fingerprint density at radius 3 is 2.51 bits per heavy atom. The number of esters is 1. The molecular formula is C25H23F5N4O4S. The SMILES string of the molecule is CCOC(=O)C1CCN(c2cnc(C(=O)Cc3nc(-c4ccc(OC(F)F)c(C(F)(F)F)c4)cs3)cn2)CC1. The average molecular weight is 571 g/mol. The van der Waals surface area contributed by atoms with Gasteiger partial charge < -0.3 is 14.4 Å². The highest BCUT2D eigenvalue weighted by Gasteiger charge is 2.35. The molecule has 1 aliphatic rings. The van der Waals surface area contributed by atoms with Gasteiger partial charge in [-0.25, -0.2) is 15.0 Å². The number of halogens is 5. The van der Waals surface area contributed by atoms with Gasteiger partial charge in [-0.2, -0.15) is 22.0 Å². The van der Waals surface area contributed by atoms with Gasteiger partial charge in [0.15, 0.2) is 5.78 Å². The van der Waals surface area contributed by atoms with Crippen molar-refractivity contribution in [3.05, 3.63) is 52.2 Å². The van der Waals surface area contributed by atoms with E-state index < -0.39 is 24.1 Å². The minimum atomic E-state index is -4.92. The molecule has 208 valence electrons. The number of thiazole rings is 1. The Hall–Kier alpha value is -3.68. The first-order chi connectivity index (χ1) is 18.5. The van der Waals surface area contributed by atoms with Crippen molar-refractivity contribution in [1.29, 1.82) is 0 Å². The Morgan fingerprint density at radius 1 is 1.15 bits per heavy atom. The number of Topliss-reactive ketones (excluding diaryl/α,β-unsaturated/α-hetero) is 1. The molecule has 0 radical (unpaired) electrons. The lowest BCUT2D eigenvalue weighted by atomic mass is 9.97. The molecule has 3 aromatic rings. The molecular weight excluding hydrogens is 547 g/mol. The molecule has 0 unspecified atom stereocenters. The van der Waals surface area contributed by atoms with E-state index in [1.807, 2.05) is 4.90 Å².